The fraction of sp³-hybridized carbons (Fsp3) is 0.600. The zero-order valence-corrected chi connectivity index (χ0v) is 17.3. The highest BCUT2D eigenvalue weighted by molar-refractivity contribution is 6.02. The molecule has 0 unspecified atom stereocenters. The second kappa shape index (κ2) is 7.20. The van der Waals surface area contributed by atoms with Crippen LogP contribution >= 0.6 is 0 Å². The summed E-state index contributed by atoms with van der Waals surface area (Å²) < 4.78 is 5.59. The Bertz CT molecular complexity index is 853. The monoisotopic (exact) mass is 390 g/mol. The Hall–Kier alpha value is -2.28. The number of likely N-dealkylation sites (tertiary alicyclic amines) is 1. The molecule has 29 heavy (non-hydrogen) atoms. The number of hydrogen-bond acceptors (Lipinski definition) is 3. The highest BCUT2D eigenvalue weighted by atomic mass is 16.5. The van der Waals surface area contributed by atoms with Crippen LogP contribution in [0, 0.1) is 29.1 Å². The van der Waals surface area contributed by atoms with E-state index in [1.54, 1.807) is 18.1 Å². The van der Waals surface area contributed by atoms with Crippen molar-refractivity contribution in [1.82, 2.24) is 4.90 Å². The number of hydrogen-bond donors (Lipinski definition) is 0. The first-order valence-electron chi connectivity index (χ1n) is 11.2. The Balaban J connectivity index is 1.50. The summed E-state index contributed by atoms with van der Waals surface area (Å²) in [7, 11) is 1.66. The molecule has 4 heteroatoms. The van der Waals surface area contributed by atoms with Crippen LogP contribution in [0.4, 0.5) is 0 Å². The van der Waals surface area contributed by atoms with Crippen molar-refractivity contribution in [2.75, 3.05) is 20.2 Å². The first-order valence-corrected chi connectivity index (χ1v) is 11.2. The van der Waals surface area contributed by atoms with Gasteiger partial charge in [0.05, 0.1) is 7.11 Å². The second-order valence-electron chi connectivity index (χ2n) is 9.82. The van der Waals surface area contributed by atoms with E-state index in [0.717, 1.165) is 55.0 Å². The molecular weight excluding hydrogens is 360 g/mol. The molecule has 4 nitrogen and oxygen atoms in total. The number of ether oxygens (including phenoxy) is 1. The van der Waals surface area contributed by atoms with Crippen LogP contribution in [0.5, 0.6) is 5.75 Å². The van der Waals surface area contributed by atoms with Crippen LogP contribution < -0.4 is 4.74 Å². The molecule has 4 saturated carbocycles. The molecular formula is C25H30N2O2. The molecule has 6 rings (SSSR count). The van der Waals surface area contributed by atoms with Crippen LogP contribution in [0.2, 0.25) is 0 Å². The van der Waals surface area contributed by atoms with Gasteiger partial charge in [0.1, 0.15) is 17.4 Å². The normalized spacial score (nSPS) is 33.0. The van der Waals surface area contributed by atoms with Gasteiger partial charge >= 0.3 is 0 Å². The maximum absolute atomic E-state index is 12.8. The highest BCUT2D eigenvalue weighted by Crippen LogP contribution is 2.60. The van der Waals surface area contributed by atoms with Crippen molar-refractivity contribution in [3.8, 4) is 11.8 Å². The van der Waals surface area contributed by atoms with E-state index >= 15 is 0 Å². The quantitative estimate of drug-likeness (QED) is 0.553. The lowest BCUT2D eigenvalue weighted by molar-refractivity contribution is -0.125. The summed E-state index contributed by atoms with van der Waals surface area (Å²) in [5, 5.41) is 9.67. The van der Waals surface area contributed by atoms with Gasteiger partial charge in [0.25, 0.3) is 5.91 Å². The molecule has 4 aliphatic carbocycles. The van der Waals surface area contributed by atoms with Crippen molar-refractivity contribution >= 4 is 12.0 Å². The maximum Gasteiger partial charge on any atom is 0.264 e. The van der Waals surface area contributed by atoms with Gasteiger partial charge in [-0.2, -0.15) is 5.26 Å². The van der Waals surface area contributed by atoms with E-state index in [0.29, 0.717) is 0 Å². The van der Waals surface area contributed by atoms with Crippen LogP contribution in [0.15, 0.2) is 23.8 Å². The Morgan fingerprint density at radius 2 is 1.76 bits per heavy atom. The maximum atomic E-state index is 12.8. The van der Waals surface area contributed by atoms with Gasteiger partial charge in [0, 0.05) is 18.7 Å². The van der Waals surface area contributed by atoms with E-state index < -0.39 is 0 Å². The van der Waals surface area contributed by atoms with E-state index in [1.807, 2.05) is 6.07 Å². The smallest absolute Gasteiger partial charge is 0.264 e. The molecule has 5 fully saturated rings. The van der Waals surface area contributed by atoms with Crippen molar-refractivity contribution in [2.45, 2.75) is 56.8 Å². The van der Waals surface area contributed by atoms with Crippen molar-refractivity contribution in [3.05, 3.63) is 34.9 Å². The van der Waals surface area contributed by atoms with Crippen molar-refractivity contribution in [1.29, 1.82) is 5.26 Å². The molecule has 4 bridgehead atoms. The first kappa shape index (κ1) is 18.7. The van der Waals surface area contributed by atoms with Gasteiger partial charge in [-0.1, -0.05) is 6.07 Å². The number of rotatable bonds is 4. The average Bonchev–Trinajstić information content (AvgIpc) is 3.25. The Labute approximate surface area is 173 Å². The van der Waals surface area contributed by atoms with E-state index in [2.05, 4.69) is 18.2 Å². The molecule has 0 atom stereocenters. The van der Waals surface area contributed by atoms with Gasteiger partial charge in [-0.05, 0) is 98.3 Å². The molecule has 152 valence electrons. The third-order valence-corrected chi connectivity index (χ3v) is 7.92. The lowest BCUT2D eigenvalue weighted by Gasteiger charge is -2.57. The lowest BCUT2D eigenvalue weighted by atomic mass is 9.48. The molecule has 5 aliphatic rings. The van der Waals surface area contributed by atoms with Crippen molar-refractivity contribution in [2.24, 2.45) is 17.8 Å². The van der Waals surface area contributed by atoms with Gasteiger partial charge in [-0.15, -0.1) is 0 Å². The molecule has 0 spiro atoms. The van der Waals surface area contributed by atoms with Crippen LogP contribution in [-0.2, 0) is 10.2 Å². The molecule has 1 heterocycles. The number of nitriles is 1. The van der Waals surface area contributed by atoms with Gasteiger partial charge in [0.15, 0.2) is 0 Å². The summed E-state index contributed by atoms with van der Waals surface area (Å²) in [6.07, 6.45) is 12.0. The summed E-state index contributed by atoms with van der Waals surface area (Å²) in [5.41, 5.74) is 2.75. The fourth-order valence-corrected chi connectivity index (χ4v) is 7.03. The topological polar surface area (TPSA) is 53.3 Å². The number of carbonyl (C=O) groups is 1. The van der Waals surface area contributed by atoms with Gasteiger partial charge < -0.3 is 9.64 Å². The molecule has 0 aromatic heterocycles. The predicted molar refractivity (Wildman–Crippen MR) is 112 cm³/mol. The Morgan fingerprint density at radius 3 is 2.31 bits per heavy atom. The Kier molecular flexibility index (Phi) is 4.65. The SMILES string of the molecule is COc1ccc(C23CC4CC(CC(C4)C2)C3)cc1/C=C(\C#N)C(=O)N1CCCC1. The zero-order chi connectivity index (χ0) is 20.0. The number of benzene rings is 1. The van der Waals surface area contributed by atoms with E-state index in [1.165, 1.54) is 44.1 Å². The average molecular weight is 391 g/mol. The largest absolute Gasteiger partial charge is 0.496 e. The van der Waals surface area contributed by atoms with Crippen LogP contribution in [0.3, 0.4) is 0 Å². The number of amides is 1. The zero-order valence-electron chi connectivity index (χ0n) is 17.3. The van der Waals surface area contributed by atoms with E-state index in [4.69, 9.17) is 4.74 Å². The Morgan fingerprint density at radius 1 is 1.14 bits per heavy atom. The predicted octanol–water partition coefficient (Wildman–Crippen LogP) is 4.69. The van der Waals surface area contributed by atoms with E-state index in [9.17, 15) is 10.1 Å². The van der Waals surface area contributed by atoms with Gasteiger partial charge in [-0.3, -0.25) is 4.79 Å². The summed E-state index contributed by atoms with van der Waals surface area (Å²) in [6.45, 7) is 1.50. The first-order chi connectivity index (χ1) is 14.1. The molecule has 1 amide bonds. The molecule has 1 saturated heterocycles. The summed E-state index contributed by atoms with van der Waals surface area (Å²) in [6, 6.07) is 8.63. The summed E-state index contributed by atoms with van der Waals surface area (Å²) >= 11 is 0. The van der Waals surface area contributed by atoms with Crippen LogP contribution in [0.1, 0.15) is 62.5 Å². The van der Waals surface area contributed by atoms with Crippen LogP contribution in [-0.4, -0.2) is 31.0 Å². The summed E-state index contributed by atoms with van der Waals surface area (Å²) in [5.74, 6) is 3.24. The second-order valence-corrected chi connectivity index (χ2v) is 9.82. The van der Waals surface area contributed by atoms with E-state index in [-0.39, 0.29) is 16.9 Å². The molecule has 1 aromatic carbocycles. The third kappa shape index (κ3) is 3.25. The minimum Gasteiger partial charge on any atom is -0.496 e. The van der Waals surface area contributed by atoms with Crippen molar-refractivity contribution in [3.63, 3.8) is 0 Å². The van der Waals surface area contributed by atoms with Crippen LogP contribution in [0.25, 0.3) is 6.08 Å². The number of nitrogens with zero attached hydrogens (tertiary/aromatic N) is 2. The molecule has 0 N–H and O–H groups in total. The standard InChI is InChI=1S/C25H30N2O2/c1-29-23-5-4-22(25-13-17-8-18(14-25)10-19(9-17)15-25)12-20(23)11-21(16-26)24(28)27-6-2-3-7-27/h4-5,11-12,17-19H,2-3,6-10,13-15H2,1H3/b21-11+. The number of methoxy groups -OCH3 is 1. The van der Waals surface area contributed by atoms with Gasteiger partial charge in [0.2, 0.25) is 0 Å². The molecule has 1 aliphatic heterocycles. The minimum atomic E-state index is -0.146. The van der Waals surface area contributed by atoms with Crippen molar-refractivity contribution < 1.29 is 9.53 Å². The number of carbonyl (C=O) groups excluding carboxylic acids is 1. The highest BCUT2D eigenvalue weighted by Gasteiger charge is 2.51. The fourth-order valence-electron chi connectivity index (χ4n) is 7.03. The lowest BCUT2D eigenvalue weighted by Crippen LogP contribution is -2.48. The minimum absolute atomic E-state index is 0.146. The molecule has 0 radical (unpaired) electrons. The summed E-state index contributed by atoms with van der Waals surface area (Å²) in [4.78, 5) is 14.6. The van der Waals surface area contributed by atoms with Gasteiger partial charge in [-0.25, -0.2) is 0 Å². The molecule has 1 aromatic rings. The third-order valence-electron chi connectivity index (χ3n) is 7.92.